The highest BCUT2D eigenvalue weighted by atomic mass is 32.1. The zero-order chi connectivity index (χ0) is 11.4. The number of carbonyl (C=O) groups excluding carboxylic acids is 1. The van der Waals surface area contributed by atoms with E-state index in [-0.39, 0.29) is 12.2 Å². The van der Waals surface area contributed by atoms with Gasteiger partial charge in [0.05, 0.1) is 6.10 Å². The molecule has 2 nitrogen and oxygen atoms in total. The van der Waals surface area contributed by atoms with Crippen LogP contribution < -0.4 is 0 Å². The van der Waals surface area contributed by atoms with Crippen LogP contribution in [0.15, 0.2) is 47.8 Å². The molecule has 0 saturated carbocycles. The van der Waals surface area contributed by atoms with Gasteiger partial charge in [0.15, 0.2) is 5.78 Å². The summed E-state index contributed by atoms with van der Waals surface area (Å²) in [7, 11) is 0. The molecule has 3 heteroatoms. The molecule has 0 radical (unpaired) electrons. The number of thiophene rings is 1. The number of Topliss-reactive ketones (excluding diaryl/α,β-unsaturated/α-hetero) is 1. The summed E-state index contributed by atoms with van der Waals surface area (Å²) in [5.41, 5.74) is 0.651. The first kappa shape index (κ1) is 11.0. The lowest BCUT2D eigenvalue weighted by Crippen LogP contribution is -2.05. The molecular weight excluding hydrogens is 220 g/mol. The number of benzene rings is 1. The number of hydrogen-bond donors (Lipinski definition) is 1. The molecule has 0 aliphatic carbocycles. The molecule has 0 spiro atoms. The van der Waals surface area contributed by atoms with Crippen molar-refractivity contribution in [2.45, 2.75) is 12.5 Å². The van der Waals surface area contributed by atoms with Crippen LogP contribution in [0.4, 0.5) is 0 Å². The van der Waals surface area contributed by atoms with Crippen molar-refractivity contribution in [3.8, 4) is 0 Å². The van der Waals surface area contributed by atoms with Gasteiger partial charge in [-0.2, -0.15) is 0 Å². The Morgan fingerprint density at radius 1 is 1.19 bits per heavy atom. The lowest BCUT2D eigenvalue weighted by molar-refractivity contribution is 0.0884. The van der Waals surface area contributed by atoms with Gasteiger partial charge in [0.1, 0.15) is 0 Å². The zero-order valence-electron chi connectivity index (χ0n) is 8.67. The minimum atomic E-state index is -0.687. The molecule has 0 unspecified atom stereocenters. The summed E-state index contributed by atoms with van der Waals surface area (Å²) in [5.74, 6) is -0.0264. The highest BCUT2D eigenvalue weighted by molar-refractivity contribution is 7.10. The van der Waals surface area contributed by atoms with Crippen LogP contribution in [0, 0.1) is 0 Å². The monoisotopic (exact) mass is 232 g/mol. The van der Waals surface area contributed by atoms with E-state index in [4.69, 9.17) is 0 Å². The van der Waals surface area contributed by atoms with Crippen LogP contribution >= 0.6 is 11.3 Å². The third kappa shape index (κ3) is 2.56. The van der Waals surface area contributed by atoms with Gasteiger partial charge in [-0.15, -0.1) is 11.3 Å². The van der Waals surface area contributed by atoms with Gasteiger partial charge in [-0.1, -0.05) is 36.4 Å². The molecule has 0 amide bonds. The molecule has 1 aromatic heterocycles. The van der Waals surface area contributed by atoms with E-state index in [0.29, 0.717) is 5.56 Å². The predicted octanol–water partition coefficient (Wildman–Crippen LogP) is 3.05. The fourth-order valence-corrected chi connectivity index (χ4v) is 2.21. The molecule has 2 rings (SSSR count). The molecule has 1 heterocycles. The average Bonchev–Trinajstić information content (AvgIpc) is 2.83. The van der Waals surface area contributed by atoms with E-state index in [1.54, 1.807) is 12.1 Å². The SMILES string of the molecule is O=C(C[C@@H](O)c1cccs1)c1ccccc1. The predicted molar refractivity (Wildman–Crippen MR) is 64.7 cm³/mol. The van der Waals surface area contributed by atoms with Gasteiger partial charge < -0.3 is 5.11 Å². The summed E-state index contributed by atoms with van der Waals surface area (Å²) in [4.78, 5) is 12.6. The van der Waals surface area contributed by atoms with Crippen LogP contribution in [-0.4, -0.2) is 10.9 Å². The highest BCUT2D eigenvalue weighted by Gasteiger charge is 2.14. The Hall–Kier alpha value is -1.45. The second kappa shape index (κ2) is 5.05. The van der Waals surface area contributed by atoms with Gasteiger partial charge in [-0.3, -0.25) is 4.79 Å². The van der Waals surface area contributed by atoms with E-state index < -0.39 is 6.10 Å². The van der Waals surface area contributed by atoms with E-state index in [2.05, 4.69) is 0 Å². The molecule has 1 atom stereocenters. The van der Waals surface area contributed by atoms with Gasteiger partial charge in [0.2, 0.25) is 0 Å². The Morgan fingerprint density at radius 2 is 1.94 bits per heavy atom. The van der Waals surface area contributed by atoms with Crippen molar-refractivity contribution < 1.29 is 9.90 Å². The van der Waals surface area contributed by atoms with Gasteiger partial charge in [0, 0.05) is 16.9 Å². The Kier molecular flexibility index (Phi) is 3.49. The van der Waals surface area contributed by atoms with Crippen molar-refractivity contribution in [2.75, 3.05) is 0 Å². The van der Waals surface area contributed by atoms with E-state index in [1.165, 1.54) is 11.3 Å². The second-order valence-corrected chi connectivity index (χ2v) is 4.50. The molecule has 82 valence electrons. The summed E-state index contributed by atoms with van der Waals surface area (Å²) in [5, 5.41) is 11.7. The minimum absolute atomic E-state index is 0.0264. The number of hydrogen-bond acceptors (Lipinski definition) is 3. The van der Waals surface area contributed by atoms with E-state index in [0.717, 1.165) is 4.88 Å². The summed E-state index contributed by atoms with van der Waals surface area (Å²) < 4.78 is 0. The molecule has 1 N–H and O–H groups in total. The fourth-order valence-electron chi connectivity index (χ4n) is 1.50. The minimum Gasteiger partial charge on any atom is -0.387 e. The van der Waals surface area contributed by atoms with Crippen LogP contribution in [0.2, 0.25) is 0 Å². The number of carbonyl (C=O) groups is 1. The van der Waals surface area contributed by atoms with E-state index in [1.807, 2.05) is 35.7 Å². The van der Waals surface area contributed by atoms with Crippen molar-refractivity contribution in [3.05, 3.63) is 58.3 Å². The summed E-state index contributed by atoms with van der Waals surface area (Å²) in [6.07, 6.45) is -0.544. The fraction of sp³-hybridized carbons (Fsp3) is 0.154. The second-order valence-electron chi connectivity index (χ2n) is 3.52. The van der Waals surface area contributed by atoms with Gasteiger partial charge in [-0.25, -0.2) is 0 Å². The first-order valence-corrected chi connectivity index (χ1v) is 5.95. The van der Waals surface area contributed by atoms with Gasteiger partial charge >= 0.3 is 0 Å². The molecular formula is C13H12O2S. The number of ketones is 1. The van der Waals surface area contributed by atoms with Crippen LogP contribution in [0.3, 0.4) is 0 Å². The summed E-state index contributed by atoms with van der Waals surface area (Å²) in [6.45, 7) is 0. The lowest BCUT2D eigenvalue weighted by Gasteiger charge is -2.07. The third-order valence-electron chi connectivity index (χ3n) is 2.35. The number of rotatable bonds is 4. The Balaban J connectivity index is 2.03. The van der Waals surface area contributed by atoms with Crippen molar-refractivity contribution in [2.24, 2.45) is 0 Å². The van der Waals surface area contributed by atoms with Crippen molar-refractivity contribution in [1.29, 1.82) is 0 Å². The summed E-state index contributed by atoms with van der Waals surface area (Å²) in [6, 6.07) is 12.8. The Bertz CT molecular complexity index is 448. The van der Waals surface area contributed by atoms with E-state index in [9.17, 15) is 9.90 Å². The van der Waals surface area contributed by atoms with Crippen LogP contribution in [0.5, 0.6) is 0 Å². The van der Waals surface area contributed by atoms with Crippen LogP contribution in [0.25, 0.3) is 0 Å². The maximum Gasteiger partial charge on any atom is 0.165 e. The largest absolute Gasteiger partial charge is 0.387 e. The quantitative estimate of drug-likeness (QED) is 0.823. The lowest BCUT2D eigenvalue weighted by atomic mass is 10.0. The molecule has 1 aromatic carbocycles. The van der Waals surface area contributed by atoms with Crippen LogP contribution in [0.1, 0.15) is 27.8 Å². The standard InChI is InChI=1S/C13H12O2S/c14-11(10-5-2-1-3-6-10)9-12(15)13-7-4-8-16-13/h1-8,12,15H,9H2/t12-/m1/s1. The molecule has 16 heavy (non-hydrogen) atoms. The maximum atomic E-state index is 11.8. The molecule has 0 fully saturated rings. The summed E-state index contributed by atoms with van der Waals surface area (Å²) >= 11 is 1.47. The van der Waals surface area contributed by atoms with Gasteiger partial charge in [-0.05, 0) is 11.4 Å². The average molecular weight is 232 g/mol. The number of aliphatic hydroxyl groups excluding tert-OH is 1. The molecule has 0 aliphatic heterocycles. The number of aliphatic hydroxyl groups is 1. The van der Waals surface area contributed by atoms with Gasteiger partial charge in [0.25, 0.3) is 0 Å². The van der Waals surface area contributed by atoms with E-state index >= 15 is 0 Å². The first-order valence-electron chi connectivity index (χ1n) is 5.07. The normalized spacial score (nSPS) is 12.3. The Labute approximate surface area is 98.2 Å². The Morgan fingerprint density at radius 3 is 2.56 bits per heavy atom. The van der Waals surface area contributed by atoms with Crippen molar-refractivity contribution in [3.63, 3.8) is 0 Å². The maximum absolute atomic E-state index is 11.8. The smallest absolute Gasteiger partial charge is 0.165 e. The first-order chi connectivity index (χ1) is 7.77. The van der Waals surface area contributed by atoms with Crippen LogP contribution in [-0.2, 0) is 0 Å². The van der Waals surface area contributed by atoms with Crippen molar-refractivity contribution in [1.82, 2.24) is 0 Å². The third-order valence-corrected chi connectivity index (χ3v) is 3.32. The molecule has 0 bridgehead atoms. The van der Waals surface area contributed by atoms with Crippen molar-refractivity contribution >= 4 is 17.1 Å². The zero-order valence-corrected chi connectivity index (χ0v) is 9.48. The molecule has 0 aliphatic rings. The topological polar surface area (TPSA) is 37.3 Å². The molecule has 2 aromatic rings. The molecule has 0 saturated heterocycles. The highest BCUT2D eigenvalue weighted by Crippen LogP contribution is 2.23.